The molecule has 0 spiro atoms. The Balaban J connectivity index is 2.45. The zero-order valence-electron chi connectivity index (χ0n) is 13.1. The quantitative estimate of drug-likeness (QED) is 0.542. The molecule has 0 aliphatic heterocycles. The van der Waals surface area contributed by atoms with Gasteiger partial charge >= 0.3 is 0 Å². The molecule has 1 amide bonds. The molecule has 0 aromatic heterocycles. The lowest BCUT2D eigenvalue weighted by atomic mass is 10.1. The van der Waals surface area contributed by atoms with Crippen molar-refractivity contribution >= 4 is 11.6 Å². The summed E-state index contributed by atoms with van der Waals surface area (Å²) in [6.45, 7) is 8.51. The highest BCUT2D eigenvalue weighted by Gasteiger charge is 2.15. The zero-order valence-corrected chi connectivity index (χ0v) is 13.1. The molecule has 0 aliphatic carbocycles. The molecule has 0 fully saturated rings. The normalized spacial score (nSPS) is 10.7. The Labute approximate surface area is 126 Å². The minimum atomic E-state index is -0.208. The second kappa shape index (κ2) is 9.23. The monoisotopic (exact) mass is 294 g/mol. The lowest BCUT2D eigenvalue weighted by Gasteiger charge is -2.13. The molecule has 5 nitrogen and oxygen atoms in total. The fourth-order valence-electron chi connectivity index (χ4n) is 1.85. The molecule has 0 unspecified atom stereocenters. The van der Waals surface area contributed by atoms with Crippen molar-refractivity contribution in [2.24, 2.45) is 5.92 Å². The molecule has 1 aromatic rings. The zero-order chi connectivity index (χ0) is 15.7. The third-order valence-electron chi connectivity index (χ3n) is 2.79. The maximum atomic E-state index is 12.2. The van der Waals surface area contributed by atoms with E-state index in [1.54, 1.807) is 18.2 Å². The van der Waals surface area contributed by atoms with Crippen LogP contribution in [0.2, 0.25) is 0 Å². The van der Waals surface area contributed by atoms with E-state index in [2.05, 4.69) is 19.2 Å². The van der Waals surface area contributed by atoms with Crippen LogP contribution in [-0.2, 0) is 4.74 Å². The van der Waals surface area contributed by atoms with Gasteiger partial charge in [0.15, 0.2) is 0 Å². The number of nitrogen functional groups attached to an aromatic ring is 1. The van der Waals surface area contributed by atoms with Gasteiger partial charge in [0.25, 0.3) is 5.91 Å². The summed E-state index contributed by atoms with van der Waals surface area (Å²) < 4.78 is 10.9. The molecule has 0 heterocycles. The number of ether oxygens (including phenoxy) is 2. The average Bonchev–Trinajstić information content (AvgIpc) is 2.42. The number of nitrogens with two attached hydrogens (primary N) is 1. The third-order valence-corrected chi connectivity index (χ3v) is 2.79. The molecule has 118 valence electrons. The van der Waals surface area contributed by atoms with Crippen LogP contribution in [0.15, 0.2) is 18.2 Å². The number of anilines is 1. The molecule has 0 aliphatic rings. The van der Waals surface area contributed by atoms with Gasteiger partial charge in [-0.15, -0.1) is 0 Å². The van der Waals surface area contributed by atoms with Crippen LogP contribution in [0.4, 0.5) is 5.69 Å². The second-order valence-corrected chi connectivity index (χ2v) is 5.23. The Morgan fingerprint density at radius 3 is 2.81 bits per heavy atom. The van der Waals surface area contributed by atoms with Crippen molar-refractivity contribution in [3.05, 3.63) is 23.8 Å². The maximum Gasteiger partial charge on any atom is 0.257 e. The lowest BCUT2D eigenvalue weighted by Crippen LogP contribution is -2.27. The highest BCUT2D eigenvalue weighted by atomic mass is 16.5. The van der Waals surface area contributed by atoms with E-state index in [9.17, 15) is 4.79 Å². The van der Waals surface area contributed by atoms with Crippen molar-refractivity contribution in [2.75, 3.05) is 32.1 Å². The van der Waals surface area contributed by atoms with E-state index in [4.69, 9.17) is 15.2 Å². The number of amides is 1. The fourth-order valence-corrected chi connectivity index (χ4v) is 1.85. The Bertz CT molecular complexity index is 447. The third kappa shape index (κ3) is 6.04. The van der Waals surface area contributed by atoms with Gasteiger partial charge in [0, 0.05) is 25.4 Å². The molecule has 1 rings (SSSR count). The van der Waals surface area contributed by atoms with Gasteiger partial charge < -0.3 is 20.5 Å². The summed E-state index contributed by atoms with van der Waals surface area (Å²) in [5.41, 5.74) is 6.70. The van der Waals surface area contributed by atoms with Crippen LogP contribution in [0.25, 0.3) is 0 Å². The van der Waals surface area contributed by atoms with Crippen LogP contribution in [0, 0.1) is 5.92 Å². The molecule has 3 N–H and O–H groups in total. The van der Waals surface area contributed by atoms with Crippen molar-refractivity contribution in [2.45, 2.75) is 27.2 Å². The van der Waals surface area contributed by atoms with E-state index in [1.165, 1.54) is 0 Å². The predicted molar refractivity (Wildman–Crippen MR) is 84.6 cm³/mol. The molecule has 0 saturated carbocycles. The number of carbonyl (C=O) groups excluding carboxylic acids is 1. The van der Waals surface area contributed by atoms with E-state index in [0.29, 0.717) is 42.7 Å². The number of rotatable bonds is 9. The molecule has 1 aromatic carbocycles. The van der Waals surface area contributed by atoms with Crippen LogP contribution >= 0.6 is 0 Å². The highest BCUT2D eigenvalue weighted by molar-refractivity contribution is 6.01. The van der Waals surface area contributed by atoms with Gasteiger partial charge in [0.1, 0.15) is 11.3 Å². The summed E-state index contributed by atoms with van der Waals surface area (Å²) in [5, 5.41) is 2.85. The van der Waals surface area contributed by atoms with Gasteiger partial charge in [-0.3, -0.25) is 4.79 Å². The van der Waals surface area contributed by atoms with E-state index in [0.717, 1.165) is 13.0 Å². The van der Waals surface area contributed by atoms with Gasteiger partial charge in [0.05, 0.1) is 6.61 Å². The van der Waals surface area contributed by atoms with Crippen LogP contribution in [0.1, 0.15) is 37.6 Å². The van der Waals surface area contributed by atoms with E-state index >= 15 is 0 Å². The van der Waals surface area contributed by atoms with Gasteiger partial charge in [-0.1, -0.05) is 19.9 Å². The minimum absolute atomic E-state index is 0.208. The topological polar surface area (TPSA) is 73.6 Å². The van der Waals surface area contributed by atoms with E-state index in [-0.39, 0.29) is 5.91 Å². The van der Waals surface area contributed by atoms with Crippen LogP contribution in [0.5, 0.6) is 5.75 Å². The van der Waals surface area contributed by atoms with Crippen LogP contribution in [0.3, 0.4) is 0 Å². The first-order valence-electron chi connectivity index (χ1n) is 7.43. The van der Waals surface area contributed by atoms with Crippen LogP contribution in [-0.4, -0.2) is 32.3 Å². The van der Waals surface area contributed by atoms with Gasteiger partial charge in [0.2, 0.25) is 0 Å². The van der Waals surface area contributed by atoms with Gasteiger partial charge in [-0.05, 0) is 31.4 Å². The largest absolute Gasteiger partial charge is 0.493 e. The number of nitrogens with one attached hydrogen (secondary N) is 1. The molecule has 0 atom stereocenters. The van der Waals surface area contributed by atoms with Crippen molar-refractivity contribution in [1.82, 2.24) is 5.32 Å². The summed E-state index contributed by atoms with van der Waals surface area (Å²) in [6, 6.07) is 5.22. The van der Waals surface area contributed by atoms with Crippen molar-refractivity contribution < 1.29 is 14.3 Å². The minimum Gasteiger partial charge on any atom is -0.493 e. The van der Waals surface area contributed by atoms with E-state index < -0.39 is 0 Å². The SMILES string of the molecule is CCOc1cccc(N)c1C(=O)NCCCOCC(C)C. The molecule has 5 heteroatoms. The van der Waals surface area contributed by atoms with Crippen LogP contribution < -0.4 is 15.8 Å². The first-order valence-corrected chi connectivity index (χ1v) is 7.43. The number of benzene rings is 1. The number of carbonyl (C=O) groups is 1. The second-order valence-electron chi connectivity index (χ2n) is 5.23. The predicted octanol–water partition coefficient (Wildman–Crippen LogP) is 2.46. The molecule has 0 radical (unpaired) electrons. The summed E-state index contributed by atoms with van der Waals surface area (Å²) in [7, 11) is 0. The van der Waals surface area contributed by atoms with Gasteiger partial charge in [-0.25, -0.2) is 0 Å². The Kier molecular flexibility index (Phi) is 7.61. The van der Waals surface area contributed by atoms with Gasteiger partial charge in [-0.2, -0.15) is 0 Å². The van der Waals surface area contributed by atoms with Crippen molar-refractivity contribution in [3.63, 3.8) is 0 Å². The summed E-state index contributed by atoms with van der Waals surface area (Å²) >= 11 is 0. The Hall–Kier alpha value is -1.75. The standard InChI is InChI=1S/C16H26N2O3/c1-4-21-14-8-5-7-13(17)15(14)16(19)18-9-6-10-20-11-12(2)3/h5,7-8,12H,4,6,9-11,17H2,1-3H3,(H,18,19). The number of hydrogen-bond donors (Lipinski definition) is 2. The summed E-state index contributed by atoms with van der Waals surface area (Å²) in [5.74, 6) is 0.837. The Morgan fingerprint density at radius 1 is 1.38 bits per heavy atom. The Morgan fingerprint density at radius 2 is 2.14 bits per heavy atom. The molecular weight excluding hydrogens is 268 g/mol. The summed E-state index contributed by atoms with van der Waals surface area (Å²) in [4.78, 5) is 12.2. The lowest BCUT2D eigenvalue weighted by molar-refractivity contribution is 0.0922. The smallest absolute Gasteiger partial charge is 0.257 e. The first kappa shape index (κ1) is 17.3. The van der Waals surface area contributed by atoms with E-state index in [1.807, 2.05) is 6.92 Å². The highest BCUT2D eigenvalue weighted by Crippen LogP contribution is 2.24. The molecular formula is C16H26N2O3. The van der Waals surface area contributed by atoms with Crippen molar-refractivity contribution in [1.29, 1.82) is 0 Å². The fraction of sp³-hybridized carbons (Fsp3) is 0.562. The maximum absolute atomic E-state index is 12.2. The number of hydrogen-bond acceptors (Lipinski definition) is 4. The molecule has 21 heavy (non-hydrogen) atoms. The average molecular weight is 294 g/mol. The molecule has 0 saturated heterocycles. The first-order chi connectivity index (χ1) is 10.1. The molecule has 0 bridgehead atoms. The summed E-state index contributed by atoms with van der Waals surface area (Å²) in [6.07, 6.45) is 0.773. The van der Waals surface area contributed by atoms with Crippen molar-refractivity contribution in [3.8, 4) is 5.75 Å².